The van der Waals surface area contributed by atoms with Crippen LogP contribution in [-0.4, -0.2) is 29.3 Å². The number of piperazine rings is 1. The van der Waals surface area contributed by atoms with Gasteiger partial charge in [0.05, 0.1) is 6.04 Å². The average Bonchev–Trinajstić information content (AvgIpc) is 2.72. The van der Waals surface area contributed by atoms with Crippen molar-refractivity contribution < 1.29 is 14.0 Å². The summed E-state index contributed by atoms with van der Waals surface area (Å²) in [4.78, 5) is 25.9. The predicted molar refractivity (Wildman–Crippen MR) is 75.1 cm³/mol. The first-order valence-corrected chi connectivity index (χ1v) is 7.10. The van der Waals surface area contributed by atoms with Crippen LogP contribution >= 0.6 is 0 Å². The number of nitrogens with one attached hydrogen (secondary N) is 1. The van der Waals surface area contributed by atoms with E-state index in [9.17, 15) is 9.59 Å². The Kier molecular flexibility index (Phi) is 4.16. The third-order valence-corrected chi connectivity index (χ3v) is 3.80. The minimum absolute atomic E-state index is 0.00259. The smallest absolute Gasteiger partial charge is 0.246 e. The molecule has 1 aliphatic heterocycles. The van der Waals surface area contributed by atoms with Crippen LogP contribution in [-0.2, 0) is 9.59 Å². The molecule has 1 N–H and O–H groups in total. The van der Waals surface area contributed by atoms with Crippen molar-refractivity contribution in [2.24, 2.45) is 0 Å². The maximum Gasteiger partial charge on any atom is 0.246 e. The maximum absolute atomic E-state index is 12.5. The molecular weight excluding hydrogens is 256 g/mol. The van der Waals surface area contributed by atoms with Crippen molar-refractivity contribution in [1.82, 2.24) is 10.2 Å². The maximum atomic E-state index is 12.5. The lowest BCUT2D eigenvalue weighted by Gasteiger charge is -2.36. The van der Waals surface area contributed by atoms with Gasteiger partial charge in [0.1, 0.15) is 24.1 Å². The van der Waals surface area contributed by atoms with E-state index in [1.54, 1.807) is 4.90 Å². The van der Waals surface area contributed by atoms with E-state index in [1.165, 1.54) is 0 Å². The Morgan fingerprint density at radius 3 is 2.70 bits per heavy atom. The first kappa shape index (κ1) is 14.6. The van der Waals surface area contributed by atoms with E-state index in [1.807, 2.05) is 33.8 Å². The Morgan fingerprint density at radius 2 is 2.15 bits per heavy atom. The zero-order valence-corrected chi connectivity index (χ0v) is 12.5. The predicted octanol–water partition coefficient (Wildman–Crippen LogP) is 2.08. The van der Waals surface area contributed by atoms with Gasteiger partial charge in [0.15, 0.2) is 0 Å². The SMILES string of the molecule is CCCC1NC(=O)CN(C(C)c2cc(C)oc2C)C1=O. The van der Waals surface area contributed by atoms with Crippen LogP contribution in [0.1, 0.15) is 49.8 Å². The third kappa shape index (κ3) is 2.71. The highest BCUT2D eigenvalue weighted by molar-refractivity contribution is 5.95. The van der Waals surface area contributed by atoms with Gasteiger partial charge in [-0.3, -0.25) is 9.59 Å². The summed E-state index contributed by atoms with van der Waals surface area (Å²) < 4.78 is 5.52. The fraction of sp³-hybridized carbons (Fsp3) is 0.600. The Bertz CT molecular complexity index is 521. The van der Waals surface area contributed by atoms with Gasteiger partial charge in [-0.2, -0.15) is 0 Å². The lowest BCUT2D eigenvalue weighted by molar-refractivity contribution is -0.146. The van der Waals surface area contributed by atoms with E-state index in [0.717, 1.165) is 23.5 Å². The monoisotopic (exact) mass is 278 g/mol. The van der Waals surface area contributed by atoms with E-state index >= 15 is 0 Å². The molecule has 0 radical (unpaired) electrons. The van der Waals surface area contributed by atoms with Gasteiger partial charge in [-0.05, 0) is 33.3 Å². The first-order chi connectivity index (χ1) is 9.43. The molecule has 1 aromatic rings. The summed E-state index contributed by atoms with van der Waals surface area (Å²) in [6, 6.07) is 1.40. The highest BCUT2D eigenvalue weighted by atomic mass is 16.3. The van der Waals surface area contributed by atoms with Crippen LogP contribution in [0.4, 0.5) is 0 Å². The molecule has 20 heavy (non-hydrogen) atoms. The number of carbonyl (C=O) groups is 2. The van der Waals surface area contributed by atoms with Gasteiger partial charge >= 0.3 is 0 Å². The fourth-order valence-electron chi connectivity index (χ4n) is 2.78. The Hall–Kier alpha value is -1.78. The number of rotatable bonds is 4. The topological polar surface area (TPSA) is 62.6 Å². The molecule has 1 saturated heterocycles. The molecule has 5 nitrogen and oxygen atoms in total. The van der Waals surface area contributed by atoms with E-state index in [0.29, 0.717) is 6.42 Å². The minimum Gasteiger partial charge on any atom is -0.466 e. The molecule has 1 fully saturated rings. The fourth-order valence-corrected chi connectivity index (χ4v) is 2.78. The van der Waals surface area contributed by atoms with Gasteiger partial charge in [-0.1, -0.05) is 13.3 Å². The lowest BCUT2D eigenvalue weighted by atomic mass is 10.0. The first-order valence-electron chi connectivity index (χ1n) is 7.10. The van der Waals surface area contributed by atoms with Gasteiger partial charge in [-0.15, -0.1) is 0 Å². The summed E-state index contributed by atoms with van der Waals surface area (Å²) in [5.74, 6) is 1.54. The van der Waals surface area contributed by atoms with E-state index in [4.69, 9.17) is 4.42 Å². The van der Waals surface area contributed by atoms with E-state index < -0.39 is 6.04 Å². The van der Waals surface area contributed by atoms with Gasteiger partial charge < -0.3 is 14.6 Å². The average molecular weight is 278 g/mol. The molecule has 110 valence electrons. The molecule has 1 aliphatic rings. The highest BCUT2D eigenvalue weighted by Crippen LogP contribution is 2.28. The van der Waals surface area contributed by atoms with Gasteiger partial charge in [0.25, 0.3) is 0 Å². The molecule has 0 bridgehead atoms. The van der Waals surface area contributed by atoms with Crippen molar-refractivity contribution in [3.63, 3.8) is 0 Å². The normalized spacial score (nSPS) is 21.0. The van der Waals surface area contributed by atoms with Crippen molar-refractivity contribution in [3.8, 4) is 0 Å². The molecule has 0 saturated carbocycles. The third-order valence-electron chi connectivity index (χ3n) is 3.80. The largest absolute Gasteiger partial charge is 0.466 e. The van der Waals surface area contributed by atoms with Crippen LogP contribution in [0.5, 0.6) is 0 Å². The van der Waals surface area contributed by atoms with Crippen molar-refractivity contribution in [3.05, 3.63) is 23.2 Å². The number of furan rings is 1. The molecule has 5 heteroatoms. The van der Waals surface area contributed by atoms with Gasteiger partial charge in [-0.25, -0.2) is 0 Å². The second-order valence-corrected chi connectivity index (χ2v) is 5.42. The van der Waals surface area contributed by atoms with Crippen LogP contribution < -0.4 is 5.32 Å². The molecule has 2 heterocycles. The summed E-state index contributed by atoms with van der Waals surface area (Å²) in [6.45, 7) is 7.83. The van der Waals surface area contributed by atoms with Crippen LogP contribution in [0.25, 0.3) is 0 Å². The molecule has 2 amide bonds. The number of hydrogen-bond acceptors (Lipinski definition) is 3. The van der Waals surface area contributed by atoms with E-state index in [-0.39, 0.29) is 24.4 Å². The minimum atomic E-state index is -0.392. The quantitative estimate of drug-likeness (QED) is 0.917. The van der Waals surface area contributed by atoms with Crippen LogP contribution in [0.15, 0.2) is 10.5 Å². The summed E-state index contributed by atoms with van der Waals surface area (Å²) in [6.07, 6.45) is 1.54. The summed E-state index contributed by atoms with van der Waals surface area (Å²) >= 11 is 0. The number of nitrogens with zero attached hydrogens (tertiary/aromatic N) is 1. The van der Waals surface area contributed by atoms with Gasteiger partial charge in [0.2, 0.25) is 11.8 Å². The van der Waals surface area contributed by atoms with Crippen LogP contribution in [0.2, 0.25) is 0 Å². The Balaban J connectivity index is 2.23. The number of carbonyl (C=O) groups excluding carboxylic acids is 2. The van der Waals surface area contributed by atoms with E-state index in [2.05, 4.69) is 5.32 Å². The molecule has 2 atom stereocenters. The van der Waals surface area contributed by atoms with Crippen LogP contribution in [0.3, 0.4) is 0 Å². The highest BCUT2D eigenvalue weighted by Gasteiger charge is 2.35. The van der Waals surface area contributed by atoms with Crippen molar-refractivity contribution >= 4 is 11.8 Å². The zero-order valence-electron chi connectivity index (χ0n) is 12.5. The molecule has 0 spiro atoms. The second-order valence-electron chi connectivity index (χ2n) is 5.42. The number of aryl methyl sites for hydroxylation is 2. The van der Waals surface area contributed by atoms with Crippen molar-refractivity contribution in [2.45, 2.75) is 52.6 Å². The molecule has 2 unspecified atom stereocenters. The van der Waals surface area contributed by atoms with Crippen LogP contribution in [0, 0.1) is 13.8 Å². The zero-order chi connectivity index (χ0) is 14.9. The summed E-state index contributed by atoms with van der Waals surface area (Å²) in [5, 5.41) is 2.77. The molecule has 0 aromatic carbocycles. The lowest BCUT2D eigenvalue weighted by Crippen LogP contribution is -2.58. The standard InChI is InChI=1S/C15H22N2O3/c1-5-6-13-15(19)17(8-14(18)16-13)10(3)12-7-9(2)20-11(12)4/h7,10,13H,5-6,8H2,1-4H3,(H,16,18). The molecule has 0 aliphatic carbocycles. The summed E-state index contributed by atoms with van der Waals surface area (Å²) in [5.41, 5.74) is 0.973. The number of hydrogen-bond donors (Lipinski definition) is 1. The Labute approximate surface area is 119 Å². The van der Waals surface area contributed by atoms with Gasteiger partial charge in [0, 0.05) is 5.56 Å². The van der Waals surface area contributed by atoms with Crippen molar-refractivity contribution in [1.29, 1.82) is 0 Å². The number of amides is 2. The second kappa shape index (κ2) is 5.69. The molecular formula is C15H22N2O3. The van der Waals surface area contributed by atoms with Crippen molar-refractivity contribution in [2.75, 3.05) is 6.54 Å². The molecule has 2 rings (SSSR count). The Morgan fingerprint density at radius 1 is 1.45 bits per heavy atom. The molecule has 1 aromatic heterocycles. The summed E-state index contributed by atoms with van der Waals surface area (Å²) in [7, 11) is 0.